The van der Waals surface area contributed by atoms with Crippen LogP contribution in [0.3, 0.4) is 0 Å². The molecule has 1 aliphatic heterocycles. The van der Waals surface area contributed by atoms with Gasteiger partial charge in [-0.1, -0.05) is 27.7 Å². The highest BCUT2D eigenvalue weighted by molar-refractivity contribution is 5.92. The Balaban J connectivity index is 0.00000220. The summed E-state index contributed by atoms with van der Waals surface area (Å²) < 4.78 is 2.64. The van der Waals surface area contributed by atoms with Gasteiger partial charge in [0.25, 0.3) is 0 Å². The van der Waals surface area contributed by atoms with Gasteiger partial charge in [-0.05, 0) is 24.7 Å². The predicted octanol–water partition coefficient (Wildman–Crippen LogP) is 1.06. The lowest BCUT2D eigenvalue weighted by atomic mass is 9.78. The quantitative estimate of drug-likeness (QED) is 0.491. The first kappa shape index (κ1) is 19.0. The van der Waals surface area contributed by atoms with Crippen LogP contribution in [-0.2, 0) is 0 Å². The molecule has 0 radical (unpaired) electrons. The van der Waals surface area contributed by atoms with E-state index < -0.39 is 0 Å². The van der Waals surface area contributed by atoms with Crippen LogP contribution < -0.4 is 24.0 Å². The molecule has 0 saturated carbocycles. The zero-order valence-electron chi connectivity index (χ0n) is 14.4. The highest BCUT2D eigenvalue weighted by atomic mass is 127. The Kier molecular flexibility index (Phi) is 7.72. The topological polar surface area (TPSA) is 6.25 Å². The molecule has 21 heavy (non-hydrogen) atoms. The summed E-state index contributed by atoms with van der Waals surface area (Å²) in [5, 5.41) is 0. The summed E-state index contributed by atoms with van der Waals surface area (Å²) >= 11 is 0. The first-order chi connectivity index (χ1) is 9.55. The fourth-order valence-corrected chi connectivity index (χ4v) is 3.69. The van der Waals surface area contributed by atoms with Crippen molar-refractivity contribution in [3.05, 3.63) is 11.8 Å². The third kappa shape index (κ3) is 5.26. The van der Waals surface area contributed by atoms with Crippen LogP contribution >= 0.6 is 0 Å². The van der Waals surface area contributed by atoms with Gasteiger partial charge < -0.3 is 28.9 Å². The summed E-state index contributed by atoms with van der Waals surface area (Å²) in [7, 11) is 0. The van der Waals surface area contributed by atoms with Crippen LogP contribution in [0.4, 0.5) is 0 Å². The van der Waals surface area contributed by atoms with Crippen LogP contribution in [-0.4, -0.2) is 41.4 Å². The molecule has 2 nitrogen and oxygen atoms in total. The van der Waals surface area contributed by atoms with Crippen molar-refractivity contribution >= 4 is 5.71 Å². The maximum Gasteiger partial charge on any atom is 0.178 e. The smallest absolute Gasteiger partial charge is 0.178 e. The Bertz CT molecular complexity index is 382. The van der Waals surface area contributed by atoms with Crippen LogP contribution in [0.1, 0.15) is 66.2 Å². The lowest BCUT2D eigenvalue weighted by Crippen LogP contribution is -3.00. The summed E-state index contributed by atoms with van der Waals surface area (Å²) in [6, 6.07) is 0. The third-order valence-corrected chi connectivity index (χ3v) is 4.56. The van der Waals surface area contributed by atoms with Crippen molar-refractivity contribution in [3.63, 3.8) is 0 Å². The molecule has 0 aromatic heterocycles. The van der Waals surface area contributed by atoms with Gasteiger partial charge in [0.05, 0.1) is 0 Å². The summed E-state index contributed by atoms with van der Waals surface area (Å²) in [5.74, 6) is 0. The molecule has 2 aliphatic rings. The second-order valence-corrected chi connectivity index (χ2v) is 7.33. The summed E-state index contributed by atoms with van der Waals surface area (Å²) in [6.45, 7) is 14.4. The maximum atomic E-state index is 2.64. The second-order valence-electron chi connectivity index (χ2n) is 7.33. The van der Waals surface area contributed by atoms with E-state index in [1.807, 2.05) is 0 Å². The fourth-order valence-electron chi connectivity index (χ4n) is 3.69. The molecule has 1 aliphatic carbocycles. The van der Waals surface area contributed by atoms with Crippen molar-refractivity contribution < 1.29 is 28.6 Å². The molecule has 3 heteroatoms. The number of hydrogen-bond acceptors (Lipinski definition) is 1. The Morgan fingerprint density at radius 2 is 1.62 bits per heavy atom. The van der Waals surface area contributed by atoms with E-state index in [-0.39, 0.29) is 24.0 Å². The molecule has 0 aromatic rings. The van der Waals surface area contributed by atoms with Crippen molar-refractivity contribution in [2.45, 2.75) is 66.2 Å². The van der Waals surface area contributed by atoms with Crippen molar-refractivity contribution in [3.8, 4) is 0 Å². The van der Waals surface area contributed by atoms with E-state index in [9.17, 15) is 0 Å². The van der Waals surface area contributed by atoms with Crippen LogP contribution in [0.25, 0.3) is 0 Å². The molecule has 0 N–H and O–H groups in total. The molecule has 0 spiro atoms. The maximum absolute atomic E-state index is 2.64. The minimum atomic E-state index is 0. The molecule has 0 amide bonds. The van der Waals surface area contributed by atoms with E-state index in [0.717, 1.165) is 0 Å². The van der Waals surface area contributed by atoms with Crippen LogP contribution in [0.2, 0.25) is 0 Å². The summed E-state index contributed by atoms with van der Waals surface area (Å²) in [6.07, 6.45) is 10.3. The van der Waals surface area contributed by atoms with Gasteiger partial charge in [-0.25, -0.2) is 4.58 Å². The van der Waals surface area contributed by atoms with Gasteiger partial charge in [0.2, 0.25) is 0 Å². The average molecular weight is 404 g/mol. The number of allylic oxidation sites excluding steroid dienone is 2. The molecule has 1 heterocycles. The van der Waals surface area contributed by atoms with Gasteiger partial charge in [0, 0.05) is 44.1 Å². The zero-order valence-corrected chi connectivity index (χ0v) is 16.6. The predicted molar refractivity (Wildman–Crippen MR) is 87.5 cm³/mol. The Morgan fingerprint density at radius 1 is 1.05 bits per heavy atom. The van der Waals surface area contributed by atoms with E-state index in [1.54, 1.807) is 11.4 Å². The van der Waals surface area contributed by atoms with Gasteiger partial charge in [-0.3, -0.25) is 0 Å². The normalized spacial score (nSPS) is 21.0. The van der Waals surface area contributed by atoms with Crippen LogP contribution in [0, 0.1) is 5.41 Å². The standard InChI is InChI=1S/C18H33N2.HI/c1-5-9-19(10-6-2)16-13-17(15-18(3,4)14-16)20-11-7-8-12-20;/h13H,5-12,14-15H2,1-4H3;1H/q+1;/p-1. The van der Waals surface area contributed by atoms with E-state index in [1.165, 1.54) is 64.7 Å². The number of hydrogen-bond donors (Lipinski definition) is 0. The first-order valence-corrected chi connectivity index (χ1v) is 8.62. The van der Waals surface area contributed by atoms with Gasteiger partial charge in [-0.15, -0.1) is 0 Å². The molecule has 1 saturated heterocycles. The Labute approximate surface area is 148 Å². The van der Waals surface area contributed by atoms with Gasteiger partial charge in [0.1, 0.15) is 13.1 Å². The Morgan fingerprint density at radius 3 is 2.14 bits per heavy atom. The van der Waals surface area contributed by atoms with Crippen molar-refractivity contribution in [1.29, 1.82) is 0 Å². The fraction of sp³-hybridized carbons (Fsp3) is 0.833. The largest absolute Gasteiger partial charge is 1.00 e. The molecule has 0 unspecified atom stereocenters. The summed E-state index contributed by atoms with van der Waals surface area (Å²) in [4.78, 5) is 2.64. The van der Waals surface area contributed by atoms with Gasteiger partial charge >= 0.3 is 0 Å². The Hall–Kier alpha value is -0.0600. The van der Waals surface area contributed by atoms with Crippen molar-refractivity contribution in [2.75, 3.05) is 26.2 Å². The number of halogens is 1. The molecule has 2 rings (SSSR count). The molecule has 122 valence electrons. The van der Waals surface area contributed by atoms with E-state index in [2.05, 4.69) is 43.2 Å². The lowest BCUT2D eigenvalue weighted by molar-refractivity contribution is -0.507. The highest BCUT2D eigenvalue weighted by Gasteiger charge is 2.33. The van der Waals surface area contributed by atoms with E-state index in [0.29, 0.717) is 5.41 Å². The number of rotatable bonds is 5. The summed E-state index contributed by atoms with van der Waals surface area (Å²) in [5.41, 5.74) is 3.61. The molecule has 1 fully saturated rings. The van der Waals surface area contributed by atoms with Crippen LogP contribution in [0.15, 0.2) is 11.8 Å². The molecular weight excluding hydrogens is 371 g/mol. The highest BCUT2D eigenvalue weighted by Crippen LogP contribution is 2.35. The first-order valence-electron chi connectivity index (χ1n) is 8.62. The minimum Gasteiger partial charge on any atom is -1.00 e. The van der Waals surface area contributed by atoms with E-state index in [4.69, 9.17) is 0 Å². The molecule has 0 bridgehead atoms. The van der Waals surface area contributed by atoms with Crippen molar-refractivity contribution in [1.82, 2.24) is 4.90 Å². The van der Waals surface area contributed by atoms with Crippen LogP contribution in [0.5, 0.6) is 0 Å². The average Bonchev–Trinajstić information content (AvgIpc) is 2.90. The second kappa shape index (κ2) is 8.54. The monoisotopic (exact) mass is 404 g/mol. The molecular formula is C18H33IN2. The SMILES string of the molecule is CCCN(CCC)C1=CC(=[N+]2CCCC2)CC(C)(C)C1.[I-]. The van der Waals surface area contributed by atoms with Crippen molar-refractivity contribution in [2.24, 2.45) is 5.41 Å². The zero-order chi connectivity index (χ0) is 14.6. The molecule has 0 aromatic carbocycles. The minimum absolute atomic E-state index is 0. The third-order valence-electron chi connectivity index (χ3n) is 4.56. The van der Waals surface area contributed by atoms with E-state index >= 15 is 0 Å². The number of nitrogens with zero attached hydrogens (tertiary/aromatic N) is 2. The van der Waals surface area contributed by atoms with Gasteiger partial charge in [-0.2, -0.15) is 0 Å². The van der Waals surface area contributed by atoms with Gasteiger partial charge in [0.15, 0.2) is 5.71 Å². The molecule has 0 atom stereocenters. The lowest BCUT2D eigenvalue weighted by Gasteiger charge is -2.36.